The van der Waals surface area contributed by atoms with Crippen LogP contribution in [-0.2, 0) is 22.4 Å². The van der Waals surface area contributed by atoms with Crippen LogP contribution >= 0.6 is 11.6 Å². The Bertz CT molecular complexity index is 463. The Labute approximate surface area is 106 Å². The molecule has 0 fully saturated rings. The first kappa shape index (κ1) is 13.5. The lowest BCUT2D eigenvalue weighted by Gasteiger charge is -2.08. The van der Waals surface area contributed by atoms with Gasteiger partial charge < -0.3 is 4.74 Å². The minimum atomic E-state index is -0.309. The highest BCUT2D eigenvalue weighted by Gasteiger charge is 2.10. The number of ether oxygens (including phenoxy) is 1. The van der Waals surface area contributed by atoms with Gasteiger partial charge in [-0.25, -0.2) is 0 Å². The van der Waals surface area contributed by atoms with Crippen molar-refractivity contribution in [1.29, 1.82) is 5.26 Å². The van der Waals surface area contributed by atoms with E-state index in [4.69, 9.17) is 21.6 Å². The Morgan fingerprint density at radius 3 is 2.71 bits per heavy atom. The fourth-order valence-electron chi connectivity index (χ4n) is 1.63. The van der Waals surface area contributed by atoms with E-state index in [2.05, 4.69) is 6.07 Å². The monoisotopic (exact) mass is 251 g/mol. The summed E-state index contributed by atoms with van der Waals surface area (Å²) in [4.78, 5) is 11.3. The summed E-state index contributed by atoms with van der Waals surface area (Å²) in [5.41, 5.74) is 2.06. The third-order valence-corrected chi connectivity index (χ3v) is 2.72. The highest BCUT2D eigenvalue weighted by Crippen LogP contribution is 2.23. The zero-order valence-corrected chi connectivity index (χ0v) is 10.7. The molecule has 0 atom stereocenters. The number of rotatable bonds is 4. The summed E-state index contributed by atoms with van der Waals surface area (Å²) >= 11 is 6.07. The second-order valence-corrected chi connectivity index (χ2v) is 3.96. The molecule has 4 heteroatoms. The fourth-order valence-corrected chi connectivity index (χ4v) is 2.01. The number of nitriles is 1. The molecular formula is C13H14ClNO2. The average molecular weight is 252 g/mol. The van der Waals surface area contributed by atoms with Gasteiger partial charge in [0.25, 0.3) is 0 Å². The molecule has 0 N–H and O–H groups in total. The molecule has 0 heterocycles. The van der Waals surface area contributed by atoms with E-state index in [0.717, 1.165) is 5.56 Å². The van der Waals surface area contributed by atoms with E-state index in [0.29, 0.717) is 29.2 Å². The SMILES string of the molecule is CCOC(=O)Cc1cc(Cl)c(CC)c(C#N)c1. The number of nitrogens with zero attached hydrogens (tertiary/aromatic N) is 1. The summed E-state index contributed by atoms with van der Waals surface area (Å²) in [6.07, 6.45) is 0.841. The number of hydrogen-bond acceptors (Lipinski definition) is 3. The average Bonchev–Trinajstić information content (AvgIpc) is 2.28. The van der Waals surface area contributed by atoms with E-state index in [1.165, 1.54) is 0 Å². The highest BCUT2D eigenvalue weighted by atomic mass is 35.5. The van der Waals surface area contributed by atoms with Crippen LogP contribution < -0.4 is 0 Å². The van der Waals surface area contributed by atoms with Crippen LogP contribution in [0.15, 0.2) is 12.1 Å². The molecule has 0 bridgehead atoms. The summed E-state index contributed by atoms with van der Waals surface area (Å²) in [7, 11) is 0. The van der Waals surface area contributed by atoms with E-state index in [-0.39, 0.29) is 12.4 Å². The predicted octanol–water partition coefficient (Wildman–Crippen LogP) is 2.88. The van der Waals surface area contributed by atoms with Crippen LogP contribution in [0.2, 0.25) is 5.02 Å². The lowest BCUT2D eigenvalue weighted by molar-refractivity contribution is -0.142. The van der Waals surface area contributed by atoms with Crippen LogP contribution in [0.3, 0.4) is 0 Å². The highest BCUT2D eigenvalue weighted by molar-refractivity contribution is 6.31. The first-order chi connectivity index (χ1) is 8.12. The molecule has 0 aliphatic heterocycles. The van der Waals surface area contributed by atoms with Gasteiger partial charge in [-0.15, -0.1) is 0 Å². The van der Waals surface area contributed by atoms with Crippen molar-refractivity contribution in [1.82, 2.24) is 0 Å². The topological polar surface area (TPSA) is 50.1 Å². The molecule has 0 aliphatic rings. The van der Waals surface area contributed by atoms with Gasteiger partial charge in [0.15, 0.2) is 0 Å². The molecular weight excluding hydrogens is 238 g/mol. The molecule has 3 nitrogen and oxygen atoms in total. The van der Waals surface area contributed by atoms with E-state index in [9.17, 15) is 4.79 Å². The molecule has 1 rings (SSSR count). The van der Waals surface area contributed by atoms with Crippen molar-refractivity contribution in [3.63, 3.8) is 0 Å². The molecule has 0 saturated heterocycles. The molecule has 0 spiro atoms. The molecule has 0 radical (unpaired) electrons. The Balaban J connectivity index is 3.00. The largest absolute Gasteiger partial charge is 0.466 e. The van der Waals surface area contributed by atoms with Crippen molar-refractivity contribution in [2.24, 2.45) is 0 Å². The Kier molecular flexibility index (Phi) is 4.99. The second-order valence-electron chi connectivity index (χ2n) is 3.55. The Morgan fingerprint density at radius 1 is 1.47 bits per heavy atom. The van der Waals surface area contributed by atoms with Gasteiger partial charge >= 0.3 is 5.97 Å². The molecule has 0 unspecified atom stereocenters. The Hall–Kier alpha value is -1.53. The lowest BCUT2D eigenvalue weighted by atomic mass is 10.0. The van der Waals surface area contributed by atoms with Gasteiger partial charge in [0, 0.05) is 5.02 Å². The van der Waals surface area contributed by atoms with Crippen LogP contribution in [0.5, 0.6) is 0 Å². The predicted molar refractivity (Wildman–Crippen MR) is 65.9 cm³/mol. The maximum atomic E-state index is 11.3. The third-order valence-electron chi connectivity index (χ3n) is 2.38. The van der Waals surface area contributed by atoms with Crippen molar-refractivity contribution < 1.29 is 9.53 Å². The number of esters is 1. The van der Waals surface area contributed by atoms with Gasteiger partial charge in [-0.05, 0) is 36.6 Å². The maximum Gasteiger partial charge on any atom is 0.310 e. The van der Waals surface area contributed by atoms with Gasteiger partial charge in [0.2, 0.25) is 0 Å². The van der Waals surface area contributed by atoms with Crippen molar-refractivity contribution in [2.45, 2.75) is 26.7 Å². The van der Waals surface area contributed by atoms with Crippen LogP contribution in [0, 0.1) is 11.3 Å². The number of carbonyl (C=O) groups is 1. The van der Waals surface area contributed by atoms with Gasteiger partial charge in [-0.3, -0.25) is 4.79 Å². The van der Waals surface area contributed by atoms with E-state index in [1.54, 1.807) is 19.1 Å². The van der Waals surface area contributed by atoms with E-state index < -0.39 is 0 Å². The van der Waals surface area contributed by atoms with Gasteiger partial charge in [0.05, 0.1) is 24.7 Å². The van der Waals surface area contributed by atoms with Crippen molar-refractivity contribution in [3.05, 3.63) is 33.8 Å². The first-order valence-corrected chi connectivity index (χ1v) is 5.87. The summed E-state index contributed by atoms with van der Waals surface area (Å²) in [5, 5.41) is 9.54. The summed E-state index contributed by atoms with van der Waals surface area (Å²) < 4.78 is 4.85. The molecule has 0 amide bonds. The second kappa shape index (κ2) is 6.27. The number of carbonyl (C=O) groups excluding carboxylic acids is 1. The molecule has 90 valence electrons. The fraction of sp³-hybridized carbons (Fsp3) is 0.385. The van der Waals surface area contributed by atoms with Crippen molar-refractivity contribution in [3.8, 4) is 6.07 Å². The van der Waals surface area contributed by atoms with Gasteiger partial charge in [-0.2, -0.15) is 5.26 Å². The van der Waals surface area contributed by atoms with Crippen LogP contribution in [0.25, 0.3) is 0 Å². The number of benzene rings is 1. The maximum absolute atomic E-state index is 11.3. The van der Waals surface area contributed by atoms with Gasteiger partial charge in [0.1, 0.15) is 0 Å². The zero-order chi connectivity index (χ0) is 12.8. The smallest absolute Gasteiger partial charge is 0.310 e. The minimum absolute atomic E-state index is 0.145. The number of halogens is 1. The van der Waals surface area contributed by atoms with Gasteiger partial charge in [-0.1, -0.05) is 18.5 Å². The lowest BCUT2D eigenvalue weighted by Crippen LogP contribution is -2.08. The summed E-state index contributed by atoms with van der Waals surface area (Å²) in [5.74, 6) is -0.309. The third kappa shape index (κ3) is 3.47. The first-order valence-electron chi connectivity index (χ1n) is 5.49. The molecule has 0 saturated carbocycles. The molecule has 0 aliphatic carbocycles. The quantitative estimate of drug-likeness (QED) is 0.773. The normalized spacial score (nSPS) is 9.76. The van der Waals surface area contributed by atoms with E-state index in [1.807, 2.05) is 6.92 Å². The molecule has 1 aromatic carbocycles. The van der Waals surface area contributed by atoms with Crippen molar-refractivity contribution >= 4 is 17.6 Å². The Morgan fingerprint density at radius 2 is 2.18 bits per heavy atom. The number of hydrogen-bond donors (Lipinski definition) is 0. The molecule has 17 heavy (non-hydrogen) atoms. The van der Waals surface area contributed by atoms with Crippen LogP contribution in [0.4, 0.5) is 0 Å². The van der Waals surface area contributed by atoms with Crippen molar-refractivity contribution in [2.75, 3.05) is 6.61 Å². The van der Waals surface area contributed by atoms with Crippen LogP contribution in [-0.4, -0.2) is 12.6 Å². The zero-order valence-electron chi connectivity index (χ0n) is 9.92. The molecule has 1 aromatic rings. The standard InChI is InChI=1S/C13H14ClNO2/c1-3-11-10(8-15)5-9(6-12(11)14)7-13(16)17-4-2/h5-6H,3-4,7H2,1-2H3. The molecule has 0 aromatic heterocycles. The summed E-state index contributed by atoms with van der Waals surface area (Å²) in [6.45, 7) is 4.05. The van der Waals surface area contributed by atoms with E-state index >= 15 is 0 Å². The summed E-state index contributed by atoms with van der Waals surface area (Å²) in [6, 6.07) is 5.51. The minimum Gasteiger partial charge on any atom is -0.466 e. The van der Waals surface area contributed by atoms with Crippen LogP contribution in [0.1, 0.15) is 30.5 Å².